The van der Waals surface area contributed by atoms with Gasteiger partial charge in [0.25, 0.3) is 5.56 Å². The third-order valence-electron chi connectivity index (χ3n) is 4.71. The van der Waals surface area contributed by atoms with Crippen LogP contribution in [-0.4, -0.2) is 32.2 Å². The molecule has 1 heterocycles. The highest BCUT2D eigenvalue weighted by molar-refractivity contribution is 8.00. The molecule has 3 N–H and O–H groups in total. The zero-order valence-electron chi connectivity index (χ0n) is 18.4. The minimum atomic E-state index is -0.502. The van der Waals surface area contributed by atoms with E-state index in [1.54, 1.807) is 43.3 Å². The molecule has 8 nitrogen and oxygen atoms in total. The molecular weight excluding hydrogens is 462 g/mol. The van der Waals surface area contributed by atoms with Crippen LogP contribution in [0.5, 0.6) is 0 Å². The molecule has 0 unspecified atom stereocenters. The van der Waals surface area contributed by atoms with Crippen molar-refractivity contribution in [3.05, 3.63) is 63.4 Å². The van der Waals surface area contributed by atoms with Crippen molar-refractivity contribution in [2.75, 3.05) is 10.6 Å². The smallest absolute Gasteiger partial charge is 0.278 e. The van der Waals surface area contributed by atoms with Crippen molar-refractivity contribution in [2.24, 2.45) is 0 Å². The number of aryl methyl sites for hydroxylation is 1. The summed E-state index contributed by atoms with van der Waals surface area (Å²) in [6.07, 6.45) is 0.814. The van der Waals surface area contributed by atoms with Crippen LogP contribution in [0, 0.1) is 6.92 Å². The van der Waals surface area contributed by atoms with E-state index in [9.17, 15) is 14.4 Å². The summed E-state index contributed by atoms with van der Waals surface area (Å²) < 4.78 is 0. The Morgan fingerprint density at radius 3 is 2.58 bits per heavy atom. The lowest BCUT2D eigenvalue weighted by Gasteiger charge is -2.14. The van der Waals surface area contributed by atoms with Gasteiger partial charge in [-0.25, -0.2) is 0 Å². The first-order valence-electron chi connectivity index (χ1n) is 10.4. The molecule has 10 heteroatoms. The second-order valence-electron chi connectivity index (χ2n) is 7.27. The maximum Gasteiger partial charge on any atom is 0.278 e. The van der Waals surface area contributed by atoms with Gasteiger partial charge in [-0.2, -0.15) is 0 Å². The van der Waals surface area contributed by atoms with E-state index < -0.39 is 10.8 Å². The Morgan fingerprint density at radius 1 is 1.12 bits per heavy atom. The van der Waals surface area contributed by atoms with Gasteiger partial charge in [0, 0.05) is 22.7 Å². The molecule has 0 saturated heterocycles. The average Bonchev–Trinajstić information content (AvgIpc) is 2.78. The number of halogens is 1. The van der Waals surface area contributed by atoms with Gasteiger partial charge >= 0.3 is 0 Å². The minimum Gasteiger partial charge on any atom is -0.325 e. The van der Waals surface area contributed by atoms with Gasteiger partial charge in [0.1, 0.15) is 0 Å². The normalized spacial score (nSPS) is 11.6. The summed E-state index contributed by atoms with van der Waals surface area (Å²) in [5.41, 5.74) is 2.08. The number of nitrogens with zero attached hydrogens (tertiary/aromatic N) is 2. The van der Waals surface area contributed by atoms with Gasteiger partial charge in [-0.05, 0) is 43.7 Å². The molecule has 2 aromatic carbocycles. The monoisotopic (exact) mass is 485 g/mol. The lowest BCUT2D eigenvalue weighted by molar-refractivity contribution is -0.116. The molecule has 0 spiro atoms. The SMILES string of the molecule is CCC(=O)Nc1ccc(C)cc1-c1nnc(S[C@@H](CC)C(=O)Nc2cccc(Cl)c2)[nH]c1=O. The number of benzene rings is 2. The van der Waals surface area contributed by atoms with Crippen LogP contribution < -0.4 is 16.2 Å². The Balaban J connectivity index is 1.82. The number of thioether (sulfide) groups is 1. The molecule has 0 aliphatic rings. The second kappa shape index (κ2) is 11.1. The van der Waals surface area contributed by atoms with Crippen LogP contribution in [0.25, 0.3) is 11.3 Å². The van der Waals surface area contributed by atoms with E-state index in [2.05, 4.69) is 25.8 Å². The van der Waals surface area contributed by atoms with Crippen LogP contribution in [0.3, 0.4) is 0 Å². The Kier molecular flexibility index (Phi) is 8.24. The van der Waals surface area contributed by atoms with Gasteiger partial charge in [0.2, 0.25) is 11.8 Å². The van der Waals surface area contributed by atoms with Crippen LogP contribution >= 0.6 is 23.4 Å². The van der Waals surface area contributed by atoms with E-state index in [4.69, 9.17) is 11.6 Å². The summed E-state index contributed by atoms with van der Waals surface area (Å²) in [7, 11) is 0. The van der Waals surface area contributed by atoms with Gasteiger partial charge in [-0.1, -0.05) is 54.9 Å². The number of aromatic nitrogens is 3. The fourth-order valence-electron chi connectivity index (χ4n) is 3.00. The van der Waals surface area contributed by atoms with Crippen molar-refractivity contribution < 1.29 is 9.59 Å². The van der Waals surface area contributed by atoms with Crippen molar-refractivity contribution in [1.29, 1.82) is 0 Å². The number of anilines is 2. The van der Waals surface area contributed by atoms with Crippen molar-refractivity contribution in [1.82, 2.24) is 15.2 Å². The van der Waals surface area contributed by atoms with Crippen molar-refractivity contribution in [3.8, 4) is 11.3 Å². The maximum absolute atomic E-state index is 12.8. The van der Waals surface area contributed by atoms with Gasteiger partial charge in [-0.15, -0.1) is 10.2 Å². The quantitative estimate of drug-likeness (QED) is 0.400. The summed E-state index contributed by atoms with van der Waals surface area (Å²) in [5.74, 6) is -0.409. The van der Waals surface area contributed by atoms with E-state index in [-0.39, 0.29) is 22.7 Å². The van der Waals surface area contributed by atoms with Crippen molar-refractivity contribution in [2.45, 2.75) is 44.0 Å². The molecule has 0 saturated carbocycles. The van der Waals surface area contributed by atoms with Crippen LogP contribution in [0.15, 0.2) is 52.4 Å². The Morgan fingerprint density at radius 2 is 1.91 bits per heavy atom. The first kappa shape index (κ1) is 24.5. The van der Waals surface area contributed by atoms with Gasteiger partial charge < -0.3 is 10.6 Å². The second-order valence-corrected chi connectivity index (χ2v) is 8.90. The molecular formula is C23H24ClN5O3S. The third kappa shape index (κ3) is 6.43. The number of amides is 2. The largest absolute Gasteiger partial charge is 0.325 e. The Labute approximate surface area is 200 Å². The molecule has 33 heavy (non-hydrogen) atoms. The van der Waals surface area contributed by atoms with E-state index in [0.717, 1.165) is 17.3 Å². The number of carbonyl (C=O) groups excluding carboxylic acids is 2. The zero-order chi connectivity index (χ0) is 24.0. The number of aromatic amines is 1. The summed E-state index contributed by atoms with van der Waals surface area (Å²) in [6, 6.07) is 12.2. The van der Waals surface area contributed by atoms with Crippen LogP contribution in [0.1, 0.15) is 32.3 Å². The molecule has 3 rings (SSSR count). The summed E-state index contributed by atoms with van der Waals surface area (Å²) >= 11 is 7.09. The fourth-order valence-corrected chi connectivity index (χ4v) is 4.03. The summed E-state index contributed by atoms with van der Waals surface area (Å²) in [6.45, 7) is 5.49. The number of H-pyrrole nitrogens is 1. The average molecular weight is 486 g/mol. The molecule has 1 atom stereocenters. The molecule has 3 aromatic rings. The number of nitrogens with one attached hydrogen (secondary N) is 3. The number of rotatable bonds is 8. The van der Waals surface area contributed by atoms with Crippen LogP contribution in [0.4, 0.5) is 11.4 Å². The number of hydrogen-bond donors (Lipinski definition) is 3. The van der Waals surface area contributed by atoms with Crippen molar-refractivity contribution in [3.63, 3.8) is 0 Å². The van der Waals surface area contributed by atoms with Gasteiger partial charge in [0.15, 0.2) is 10.9 Å². The molecule has 0 radical (unpaired) electrons. The topological polar surface area (TPSA) is 117 Å². The van der Waals surface area contributed by atoms with E-state index >= 15 is 0 Å². The Bertz CT molecular complexity index is 1230. The highest BCUT2D eigenvalue weighted by Gasteiger charge is 2.21. The van der Waals surface area contributed by atoms with Crippen molar-refractivity contribution >= 4 is 46.6 Å². The highest BCUT2D eigenvalue weighted by atomic mass is 35.5. The lowest BCUT2D eigenvalue weighted by Crippen LogP contribution is -2.25. The predicted octanol–water partition coefficient (Wildman–Crippen LogP) is 4.65. The zero-order valence-corrected chi connectivity index (χ0v) is 20.0. The number of carbonyl (C=O) groups is 2. The molecule has 0 bridgehead atoms. The van der Waals surface area contributed by atoms with Gasteiger partial charge in [0.05, 0.1) is 10.9 Å². The molecule has 172 valence electrons. The molecule has 2 amide bonds. The first-order chi connectivity index (χ1) is 15.8. The molecule has 0 aliphatic carbocycles. The Hall–Kier alpha value is -3.17. The molecule has 0 aliphatic heterocycles. The summed E-state index contributed by atoms with van der Waals surface area (Å²) in [5, 5.41) is 14.1. The highest BCUT2D eigenvalue weighted by Crippen LogP contribution is 2.27. The fraction of sp³-hybridized carbons (Fsp3) is 0.261. The maximum atomic E-state index is 12.8. The van der Waals surface area contributed by atoms with E-state index in [1.165, 1.54) is 0 Å². The van der Waals surface area contributed by atoms with E-state index in [1.807, 2.05) is 19.9 Å². The standard InChI is InChI=1S/C23H24ClN5O3S/c1-4-18(21(31)25-15-8-6-7-14(24)12-15)33-23-27-22(32)20(28-29-23)16-11-13(3)9-10-17(16)26-19(30)5-2/h6-12,18H,4-5H2,1-3H3,(H,25,31)(H,26,30)(H,27,29,32)/t18-/m0/s1. The third-order valence-corrected chi connectivity index (χ3v) is 6.19. The molecule has 0 fully saturated rings. The van der Waals surface area contributed by atoms with E-state index in [0.29, 0.717) is 34.8 Å². The minimum absolute atomic E-state index is 0.0888. The van der Waals surface area contributed by atoms with Gasteiger partial charge in [-0.3, -0.25) is 19.4 Å². The molecule has 1 aromatic heterocycles. The predicted molar refractivity (Wildman–Crippen MR) is 132 cm³/mol. The number of hydrogen-bond acceptors (Lipinski definition) is 6. The first-order valence-corrected chi connectivity index (χ1v) is 11.7. The van der Waals surface area contributed by atoms with Crippen LogP contribution in [-0.2, 0) is 9.59 Å². The lowest BCUT2D eigenvalue weighted by atomic mass is 10.1. The van der Waals surface area contributed by atoms with Crippen LogP contribution in [0.2, 0.25) is 5.02 Å². The summed E-state index contributed by atoms with van der Waals surface area (Å²) in [4.78, 5) is 40.1.